The normalized spacial score (nSPS) is 10.8. The summed E-state index contributed by atoms with van der Waals surface area (Å²) in [5, 5.41) is 4.40. The highest BCUT2D eigenvalue weighted by atomic mass is 35.5. The third kappa shape index (κ3) is 5.42. The first-order chi connectivity index (χ1) is 16.1. The number of methoxy groups -OCH3 is 1. The molecule has 4 rings (SSSR count). The molecule has 1 heterocycles. The Morgan fingerprint density at radius 3 is 2.64 bits per heavy atom. The Kier molecular flexibility index (Phi) is 7.07. The van der Waals surface area contributed by atoms with Gasteiger partial charge in [0.05, 0.1) is 17.6 Å². The summed E-state index contributed by atoms with van der Waals surface area (Å²) in [4.78, 5) is 8.68. The lowest BCUT2D eigenvalue weighted by atomic mass is 10.2. The lowest BCUT2D eigenvalue weighted by molar-refractivity contribution is 0.303. The van der Waals surface area contributed by atoms with E-state index < -0.39 is 0 Å². The molecule has 0 saturated heterocycles. The number of halogens is 2. The van der Waals surface area contributed by atoms with Gasteiger partial charge in [0, 0.05) is 23.7 Å². The summed E-state index contributed by atoms with van der Waals surface area (Å²) in [6, 6.07) is 15.1. The smallest absolute Gasteiger partial charge is 0.162 e. The zero-order chi connectivity index (χ0) is 23.2. The summed E-state index contributed by atoms with van der Waals surface area (Å²) >= 11 is 6.41. The molecule has 4 aromatic rings. The van der Waals surface area contributed by atoms with Gasteiger partial charge in [-0.25, -0.2) is 14.4 Å². The van der Waals surface area contributed by atoms with E-state index in [2.05, 4.69) is 15.3 Å². The minimum atomic E-state index is -0.312. The van der Waals surface area contributed by atoms with Gasteiger partial charge in [0.2, 0.25) is 0 Å². The van der Waals surface area contributed by atoms with Gasteiger partial charge in [-0.3, -0.25) is 0 Å². The van der Waals surface area contributed by atoms with Crippen molar-refractivity contribution in [2.24, 2.45) is 5.73 Å². The van der Waals surface area contributed by atoms with E-state index in [0.29, 0.717) is 58.0 Å². The highest BCUT2D eigenvalue weighted by Gasteiger charge is 2.13. The number of hydrogen-bond acceptors (Lipinski definition) is 7. The van der Waals surface area contributed by atoms with Crippen LogP contribution in [0, 0.1) is 5.82 Å². The summed E-state index contributed by atoms with van der Waals surface area (Å²) in [6.45, 7) is 0.933. The average molecular weight is 469 g/mol. The largest absolute Gasteiger partial charge is 0.493 e. The van der Waals surface area contributed by atoms with Crippen molar-refractivity contribution in [1.82, 2.24) is 9.97 Å². The van der Waals surface area contributed by atoms with Crippen molar-refractivity contribution < 1.29 is 18.6 Å². The Bertz CT molecular complexity index is 1270. The van der Waals surface area contributed by atoms with Crippen LogP contribution in [0.15, 0.2) is 60.9 Å². The monoisotopic (exact) mass is 468 g/mol. The van der Waals surface area contributed by atoms with Gasteiger partial charge < -0.3 is 25.3 Å². The Balaban J connectivity index is 1.55. The van der Waals surface area contributed by atoms with Crippen molar-refractivity contribution in [1.29, 1.82) is 0 Å². The standard InChI is InChI=1S/C24H22ClFN4O3/c1-31-22-12-20-18(11-23(22)32-8-7-27)24(29-14-28-20)30-17-5-6-21(19(25)10-17)33-13-15-3-2-4-16(26)9-15/h2-6,9-12,14H,7-8,13,27H2,1H3,(H,28,29,30). The van der Waals surface area contributed by atoms with E-state index >= 15 is 0 Å². The van der Waals surface area contributed by atoms with Crippen LogP contribution in [0.1, 0.15) is 5.56 Å². The second kappa shape index (κ2) is 10.3. The van der Waals surface area contributed by atoms with Gasteiger partial charge in [0.25, 0.3) is 0 Å². The topological polar surface area (TPSA) is 91.5 Å². The fourth-order valence-corrected chi connectivity index (χ4v) is 3.46. The number of ether oxygens (including phenoxy) is 3. The molecule has 0 bridgehead atoms. The van der Waals surface area contributed by atoms with E-state index in [1.165, 1.54) is 18.5 Å². The van der Waals surface area contributed by atoms with Crippen LogP contribution < -0.4 is 25.3 Å². The van der Waals surface area contributed by atoms with Crippen molar-refractivity contribution in [2.75, 3.05) is 25.6 Å². The molecule has 0 spiro atoms. The minimum Gasteiger partial charge on any atom is -0.493 e. The van der Waals surface area contributed by atoms with Crippen molar-refractivity contribution in [3.05, 3.63) is 77.3 Å². The number of nitrogens with zero attached hydrogens (tertiary/aromatic N) is 2. The Hall–Kier alpha value is -3.62. The number of hydrogen-bond donors (Lipinski definition) is 2. The number of nitrogens with one attached hydrogen (secondary N) is 1. The molecule has 0 amide bonds. The van der Waals surface area contributed by atoms with Crippen LogP contribution in [0.25, 0.3) is 10.9 Å². The molecule has 0 fully saturated rings. The first-order valence-electron chi connectivity index (χ1n) is 10.2. The number of anilines is 2. The van der Waals surface area contributed by atoms with Crippen LogP contribution in [0.5, 0.6) is 17.2 Å². The van der Waals surface area contributed by atoms with Crippen LogP contribution in [0.3, 0.4) is 0 Å². The molecular weight excluding hydrogens is 447 g/mol. The molecule has 9 heteroatoms. The molecule has 0 aliphatic heterocycles. The quantitative estimate of drug-likeness (QED) is 0.353. The van der Waals surface area contributed by atoms with E-state index in [0.717, 1.165) is 5.39 Å². The molecule has 0 saturated carbocycles. The average Bonchev–Trinajstić information content (AvgIpc) is 2.82. The van der Waals surface area contributed by atoms with Crippen LogP contribution in [0.4, 0.5) is 15.9 Å². The molecule has 0 atom stereocenters. The predicted octanol–water partition coefficient (Wildman–Crippen LogP) is 5.09. The van der Waals surface area contributed by atoms with Crippen LogP contribution in [-0.2, 0) is 6.61 Å². The fourth-order valence-electron chi connectivity index (χ4n) is 3.23. The molecule has 170 valence electrons. The molecule has 0 unspecified atom stereocenters. The van der Waals surface area contributed by atoms with Crippen molar-refractivity contribution in [2.45, 2.75) is 6.61 Å². The van der Waals surface area contributed by atoms with Gasteiger partial charge in [-0.1, -0.05) is 23.7 Å². The van der Waals surface area contributed by atoms with Crippen LogP contribution in [0.2, 0.25) is 5.02 Å². The molecule has 3 aromatic carbocycles. The molecule has 3 N–H and O–H groups in total. The van der Waals surface area contributed by atoms with Gasteiger partial charge in [-0.05, 0) is 42.0 Å². The first-order valence-corrected chi connectivity index (χ1v) is 10.5. The molecule has 33 heavy (non-hydrogen) atoms. The number of aromatic nitrogens is 2. The highest BCUT2D eigenvalue weighted by molar-refractivity contribution is 6.32. The predicted molar refractivity (Wildman–Crippen MR) is 126 cm³/mol. The lowest BCUT2D eigenvalue weighted by Crippen LogP contribution is -2.11. The van der Waals surface area contributed by atoms with E-state index in [-0.39, 0.29) is 12.4 Å². The third-order valence-electron chi connectivity index (χ3n) is 4.77. The molecular formula is C24H22ClFN4O3. The molecule has 7 nitrogen and oxygen atoms in total. The number of fused-ring (bicyclic) bond motifs is 1. The molecule has 1 aromatic heterocycles. The van der Waals surface area contributed by atoms with Gasteiger partial charge in [-0.15, -0.1) is 0 Å². The number of rotatable bonds is 9. The minimum absolute atomic E-state index is 0.203. The van der Waals surface area contributed by atoms with Gasteiger partial charge in [0.15, 0.2) is 11.5 Å². The number of benzene rings is 3. The maximum Gasteiger partial charge on any atom is 0.162 e. The summed E-state index contributed by atoms with van der Waals surface area (Å²) in [6.07, 6.45) is 1.46. The maximum absolute atomic E-state index is 13.4. The zero-order valence-corrected chi connectivity index (χ0v) is 18.6. The second-order valence-electron chi connectivity index (χ2n) is 7.07. The summed E-state index contributed by atoms with van der Waals surface area (Å²) in [5.74, 6) is 1.86. The Morgan fingerprint density at radius 2 is 1.88 bits per heavy atom. The summed E-state index contributed by atoms with van der Waals surface area (Å²) in [5.41, 5.74) is 7.66. The van der Waals surface area contributed by atoms with E-state index in [9.17, 15) is 4.39 Å². The van der Waals surface area contributed by atoms with Gasteiger partial charge in [0.1, 0.15) is 36.9 Å². The van der Waals surface area contributed by atoms with Crippen molar-refractivity contribution >= 4 is 34.0 Å². The van der Waals surface area contributed by atoms with Crippen LogP contribution >= 0.6 is 11.6 Å². The van der Waals surface area contributed by atoms with Crippen LogP contribution in [-0.4, -0.2) is 30.2 Å². The summed E-state index contributed by atoms with van der Waals surface area (Å²) in [7, 11) is 1.57. The maximum atomic E-state index is 13.4. The van der Waals surface area contributed by atoms with Gasteiger partial charge in [-0.2, -0.15) is 0 Å². The first kappa shape index (κ1) is 22.6. The molecule has 0 aliphatic carbocycles. The summed E-state index contributed by atoms with van der Waals surface area (Å²) < 4.78 is 30.2. The van der Waals surface area contributed by atoms with E-state index in [4.69, 9.17) is 31.5 Å². The highest BCUT2D eigenvalue weighted by Crippen LogP contribution is 2.35. The lowest BCUT2D eigenvalue weighted by Gasteiger charge is -2.14. The Morgan fingerprint density at radius 1 is 1.00 bits per heavy atom. The molecule has 0 aliphatic rings. The fraction of sp³-hybridized carbons (Fsp3) is 0.167. The Labute approximate surface area is 195 Å². The van der Waals surface area contributed by atoms with Crippen molar-refractivity contribution in [3.63, 3.8) is 0 Å². The SMILES string of the molecule is COc1cc2ncnc(Nc3ccc(OCc4cccc(F)c4)c(Cl)c3)c2cc1OCCN. The van der Waals surface area contributed by atoms with E-state index in [1.807, 2.05) is 12.1 Å². The zero-order valence-electron chi connectivity index (χ0n) is 17.8. The van der Waals surface area contributed by atoms with Crippen molar-refractivity contribution in [3.8, 4) is 17.2 Å². The number of nitrogens with two attached hydrogens (primary N) is 1. The third-order valence-corrected chi connectivity index (χ3v) is 5.07. The van der Waals surface area contributed by atoms with Gasteiger partial charge >= 0.3 is 0 Å². The second-order valence-corrected chi connectivity index (χ2v) is 7.48. The van der Waals surface area contributed by atoms with E-state index in [1.54, 1.807) is 37.4 Å². The molecule has 0 radical (unpaired) electrons.